The lowest BCUT2D eigenvalue weighted by Gasteiger charge is -2.13. The Morgan fingerprint density at radius 1 is 1.20 bits per heavy atom. The maximum atomic E-state index is 11.4. The predicted molar refractivity (Wildman–Crippen MR) is 115 cm³/mol. The molecule has 0 unspecified atom stereocenters. The summed E-state index contributed by atoms with van der Waals surface area (Å²) in [5.41, 5.74) is 3.47. The number of hydrogen-bond acceptors (Lipinski definition) is 7. The fraction of sp³-hybridized carbons (Fsp3) is 0.0476. The highest BCUT2D eigenvalue weighted by molar-refractivity contribution is 7.89. The van der Waals surface area contributed by atoms with Crippen molar-refractivity contribution >= 4 is 27.2 Å². The minimum Gasteiger partial charge on any atom is -0.472 e. The average Bonchev–Trinajstić information content (AvgIpc) is 3.45. The Morgan fingerprint density at radius 3 is 2.60 bits per heavy atom. The zero-order valence-electron chi connectivity index (χ0n) is 15.6. The first-order valence-corrected chi connectivity index (χ1v) is 11.3. The summed E-state index contributed by atoms with van der Waals surface area (Å²) in [5.74, 6) is 0.440. The summed E-state index contributed by atoms with van der Waals surface area (Å²) in [6.45, 7) is 0.352. The quantitative estimate of drug-likeness (QED) is 0.467. The Hall–Kier alpha value is -3.45. The number of furan rings is 1. The van der Waals surface area contributed by atoms with Gasteiger partial charge >= 0.3 is 0 Å². The highest BCUT2D eigenvalue weighted by Gasteiger charge is 2.16. The molecule has 0 fully saturated rings. The second-order valence-electron chi connectivity index (χ2n) is 6.42. The highest BCUT2D eigenvalue weighted by atomic mass is 32.2. The smallest absolute Gasteiger partial charge is 0.238 e. The number of rotatable bonds is 6. The van der Waals surface area contributed by atoms with Crippen LogP contribution in [0.3, 0.4) is 0 Å². The van der Waals surface area contributed by atoms with E-state index in [1.807, 2.05) is 23.6 Å². The summed E-state index contributed by atoms with van der Waals surface area (Å²) in [7, 11) is -3.74. The van der Waals surface area contributed by atoms with Crippen molar-refractivity contribution in [3.05, 3.63) is 77.6 Å². The second kappa shape index (κ2) is 8.12. The summed E-state index contributed by atoms with van der Waals surface area (Å²) in [4.78, 5) is 5.68. The van der Waals surface area contributed by atoms with E-state index in [-0.39, 0.29) is 4.90 Å². The van der Waals surface area contributed by atoms with E-state index in [1.54, 1.807) is 42.1 Å². The van der Waals surface area contributed by atoms with Crippen LogP contribution in [0.4, 0.5) is 5.82 Å². The number of nitriles is 1. The van der Waals surface area contributed by atoms with Crippen LogP contribution in [0.5, 0.6) is 0 Å². The number of benzene rings is 1. The van der Waals surface area contributed by atoms with Crippen LogP contribution in [0.2, 0.25) is 0 Å². The summed E-state index contributed by atoms with van der Waals surface area (Å²) in [6, 6.07) is 16.0. The number of hydrogen-bond donors (Lipinski definition) is 2. The molecule has 0 atom stereocenters. The van der Waals surface area contributed by atoms with Gasteiger partial charge in [-0.15, -0.1) is 11.3 Å². The molecule has 3 aromatic heterocycles. The van der Waals surface area contributed by atoms with Crippen LogP contribution in [0.25, 0.3) is 21.7 Å². The predicted octanol–water partition coefficient (Wildman–Crippen LogP) is 4.20. The first kappa shape index (κ1) is 19.8. The van der Waals surface area contributed by atoms with Crippen LogP contribution >= 0.6 is 11.3 Å². The lowest BCUT2D eigenvalue weighted by Crippen LogP contribution is -2.12. The van der Waals surface area contributed by atoms with Gasteiger partial charge in [-0.3, -0.25) is 0 Å². The van der Waals surface area contributed by atoms with Gasteiger partial charge < -0.3 is 9.73 Å². The topological polar surface area (TPSA) is 122 Å². The summed E-state index contributed by atoms with van der Waals surface area (Å²) in [5, 5.41) is 20.1. The van der Waals surface area contributed by atoms with Crippen molar-refractivity contribution in [1.82, 2.24) is 4.98 Å². The third-order valence-corrected chi connectivity index (χ3v) is 6.27. The molecule has 0 aliphatic heterocycles. The zero-order chi connectivity index (χ0) is 21.1. The average molecular weight is 437 g/mol. The molecule has 0 bridgehead atoms. The Bertz CT molecular complexity index is 1310. The van der Waals surface area contributed by atoms with E-state index < -0.39 is 10.0 Å². The van der Waals surface area contributed by atoms with E-state index in [1.165, 1.54) is 12.1 Å². The number of primary sulfonamides is 1. The summed E-state index contributed by atoms with van der Waals surface area (Å²) >= 11 is 1.56. The van der Waals surface area contributed by atoms with Gasteiger partial charge in [0, 0.05) is 17.7 Å². The maximum Gasteiger partial charge on any atom is 0.238 e. The van der Waals surface area contributed by atoms with Gasteiger partial charge in [0.1, 0.15) is 17.5 Å². The number of anilines is 1. The molecule has 0 saturated carbocycles. The van der Waals surface area contributed by atoms with Crippen molar-refractivity contribution in [3.8, 4) is 27.8 Å². The molecule has 0 amide bonds. The van der Waals surface area contributed by atoms with Crippen LogP contribution in [0.1, 0.15) is 11.1 Å². The third-order valence-electron chi connectivity index (χ3n) is 4.45. The molecule has 1 aromatic carbocycles. The van der Waals surface area contributed by atoms with E-state index >= 15 is 0 Å². The molecule has 0 aliphatic rings. The summed E-state index contributed by atoms with van der Waals surface area (Å²) < 4.78 is 28.0. The van der Waals surface area contributed by atoms with E-state index in [4.69, 9.17) is 9.56 Å². The Kier molecular flexibility index (Phi) is 5.37. The number of thiophene rings is 1. The minimum atomic E-state index is -3.74. The Labute approximate surface area is 177 Å². The van der Waals surface area contributed by atoms with Gasteiger partial charge in [0.2, 0.25) is 10.0 Å². The molecular weight excluding hydrogens is 420 g/mol. The fourth-order valence-electron chi connectivity index (χ4n) is 2.96. The normalized spacial score (nSPS) is 11.2. The van der Waals surface area contributed by atoms with Gasteiger partial charge in [-0.25, -0.2) is 18.5 Å². The molecule has 3 N–H and O–H groups in total. The number of nitrogens with one attached hydrogen (secondary N) is 1. The van der Waals surface area contributed by atoms with Crippen LogP contribution in [-0.2, 0) is 16.6 Å². The molecule has 7 nitrogen and oxygen atoms in total. The van der Waals surface area contributed by atoms with Gasteiger partial charge in [0.15, 0.2) is 0 Å². The van der Waals surface area contributed by atoms with Gasteiger partial charge in [-0.1, -0.05) is 18.2 Å². The SMILES string of the molecule is N#Cc1c(-c2ccoc2)cc(-c2cccs2)nc1NCc1ccc(S(N)(=O)=O)cc1. The Morgan fingerprint density at radius 2 is 2.00 bits per heavy atom. The lowest BCUT2D eigenvalue weighted by atomic mass is 10.0. The monoisotopic (exact) mass is 436 g/mol. The molecule has 30 heavy (non-hydrogen) atoms. The van der Waals surface area contributed by atoms with E-state index in [9.17, 15) is 13.7 Å². The van der Waals surface area contributed by atoms with Crippen molar-refractivity contribution in [3.63, 3.8) is 0 Å². The molecular formula is C21H16N4O3S2. The molecule has 0 saturated heterocycles. The van der Waals surface area contributed by atoms with Crippen molar-refractivity contribution in [2.45, 2.75) is 11.4 Å². The molecule has 0 aliphatic carbocycles. The highest BCUT2D eigenvalue weighted by Crippen LogP contribution is 2.34. The number of nitrogens with two attached hydrogens (primary N) is 1. The standard InChI is InChI=1S/C21H16N4O3S2/c22-11-18-17(15-7-8-28-13-15)10-19(20-2-1-9-29-20)25-21(18)24-12-14-3-5-16(6-4-14)30(23,26)27/h1-10,13H,12H2,(H,24,25)(H2,23,26,27). The molecule has 0 radical (unpaired) electrons. The molecule has 3 heterocycles. The number of aromatic nitrogens is 1. The van der Waals surface area contributed by atoms with Crippen LogP contribution in [0.15, 0.2) is 75.7 Å². The van der Waals surface area contributed by atoms with Crippen LogP contribution < -0.4 is 10.5 Å². The van der Waals surface area contributed by atoms with Crippen LogP contribution in [0, 0.1) is 11.3 Å². The fourth-order valence-corrected chi connectivity index (χ4v) is 4.17. The summed E-state index contributed by atoms with van der Waals surface area (Å²) in [6.07, 6.45) is 3.14. The van der Waals surface area contributed by atoms with Crippen LogP contribution in [-0.4, -0.2) is 13.4 Å². The van der Waals surface area contributed by atoms with E-state index in [2.05, 4.69) is 16.4 Å². The third kappa shape index (κ3) is 4.11. The van der Waals surface area contributed by atoms with E-state index in [0.29, 0.717) is 17.9 Å². The lowest BCUT2D eigenvalue weighted by molar-refractivity contribution is 0.568. The molecule has 150 valence electrons. The zero-order valence-corrected chi connectivity index (χ0v) is 17.2. The number of pyridine rings is 1. The van der Waals surface area contributed by atoms with Gasteiger partial charge in [-0.2, -0.15) is 5.26 Å². The van der Waals surface area contributed by atoms with Gasteiger partial charge in [0.25, 0.3) is 0 Å². The van der Waals surface area contributed by atoms with Gasteiger partial charge in [-0.05, 0) is 41.3 Å². The van der Waals surface area contributed by atoms with Crippen molar-refractivity contribution < 1.29 is 12.8 Å². The number of sulfonamides is 1. The van der Waals surface area contributed by atoms with Crippen molar-refractivity contribution in [1.29, 1.82) is 5.26 Å². The van der Waals surface area contributed by atoms with E-state index in [0.717, 1.165) is 27.3 Å². The minimum absolute atomic E-state index is 0.0454. The Balaban J connectivity index is 1.71. The molecule has 0 spiro atoms. The molecule has 4 aromatic rings. The molecule has 4 rings (SSSR count). The van der Waals surface area contributed by atoms with Crippen molar-refractivity contribution in [2.75, 3.05) is 5.32 Å². The first-order valence-electron chi connectivity index (χ1n) is 8.83. The van der Waals surface area contributed by atoms with Gasteiger partial charge in [0.05, 0.1) is 28.0 Å². The first-order chi connectivity index (χ1) is 14.5. The largest absolute Gasteiger partial charge is 0.472 e. The second-order valence-corrected chi connectivity index (χ2v) is 8.93. The maximum absolute atomic E-state index is 11.4. The molecule has 9 heteroatoms. The van der Waals surface area contributed by atoms with Crippen molar-refractivity contribution in [2.24, 2.45) is 5.14 Å². The number of nitrogens with zero attached hydrogens (tertiary/aromatic N) is 2.